The maximum absolute atomic E-state index is 13.5. The highest BCUT2D eigenvalue weighted by molar-refractivity contribution is 5.93. The number of nitrogens with zero attached hydrogens (tertiary/aromatic N) is 3. The summed E-state index contributed by atoms with van der Waals surface area (Å²) in [6.07, 6.45) is 4.85. The Morgan fingerprint density at radius 2 is 2.17 bits per heavy atom. The number of carbonyl (C=O) groups is 1. The number of rotatable bonds is 3. The molecule has 0 spiro atoms. The first kappa shape index (κ1) is 15.5. The van der Waals surface area contributed by atoms with Crippen molar-refractivity contribution in [3.05, 3.63) is 47.8 Å². The molecule has 122 valence electrons. The third-order valence-corrected chi connectivity index (χ3v) is 3.88. The molecule has 1 aliphatic rings. The summed E-state index contributed by atoms with van der Waals surface area (Å²) >= 11 is 0. The molecule has 1 aliphatic heterocycles. The molecule has 1 atom stereocenters. The maximum Gasteiger partial charge on any atom is 0.322 e. The Balaban J connectivity index is 1.72. The first-order chi connectivity index (χ1) is 11.0. The molecular formula is C16H18F2N4O. The highest BCUT2D eigenvalue weighted by Gasteiger charge is 2.25. The highest BCUT2D eigenvalue weighted by atomic mass is 19.2. The number of amides is 2. The van der Waals surface area contributed by atoms with E-state index in [1.54, 1.807) is 10.9 Å². The summed E-state index contributed by atoms with van der Waals surface area (Å²) in [7, 11) is 0. The van der Waals surface area contributed by atoms with Gasteiger partial charge in [-0.15, -0.1) is 0 Å². The Labute approximate surface area is 132 Å². The first-order valence-electron chi connectivity index (χ1n) is 7.58. The van der Waals surface area contributed by atoms with E-state index in [0.717, 1.165) is 12.5 Å². The maximum atomic E-state index is 13.5. The van der Waals surface area contributed by atoms with E-state index in [1.165, 1.54) is 11.0 Å². The van der Waals surface area contributed by atoms with Gasteiger partial charge in [-0.05, 0) is 37.5 Å². The van der Waals surface area contributed by atoms with Crippen LogP contribution in [0.2, 0.25) is 0 Å². The van der Waals surface area contributed by atoms with Crippen LogP contribution in [0.1, 0.15) is 18.9 Å². The molecule has 0 fully saturated rings. The van der Waals surface area contributed by atoms with Gasteiger partial charge < -0.3 is 5.32 Å². The summed E-state index contributed by atoms with van der Waals surface area (Å²) in [6.45, 7) is 2.89. The minimum absolute atomic E-state index is 0.141. The van der Waals surface area contributed by atoms with E-state index in [4.69, 9.17) is 0 Å². The molecule has 3 rings (SSSR count). The average molecular weight is 320 g/mol. The fourth-order valence-corrected chi connectivity index (χ4v) is 2.81. The molecule has 0 saturated carbocycles. The number of fused-ring (bicyclic) bond motifs is 1. The quantitative estimate of drug-likeness (QED) is 0.945. The SMILES string of the molecule is C[C@@H](Cn1cccn1)NC(=O)N1CCCc2cc(F)c(F)cc21. The van der Waals surface area contributed by atoms with Gasteiger partial charge >= 0.3 is 6.03 Å². The molecular weight excluding hydrogens is 302 g/mol. The van der Waals surface area contributed by atoms with E-state index in [9.17, 15) is 13.6 Å². The molecule has 0 saturated heterocycles. The number of aromatic nitrogens is 2. The van der Waals surface area contributed by atoms with Crippen molar-refractivity contribution in [2.24, 2.45) is 0 Å². The zero-order valence-corrected chi connectivity index (χ0v) is 12.8. The first-order valence-corrected chi connectivity index (χ1v) is 7.58. The van der Waals surface area contributed by atoms with E-state index in [-0.39, 0.29) is 12.1 Å². The molecule has 1 aromatic heterocycles. The number of halogens is 2. The van der Waals surface area contributed by atoms with Crippen LogP contribution >= 0.6 is 0 Å². The molecule has 1 aromatic carbocycles. The third-order valence-electron chi connectivity index (χ3n) is 3.88. The summed E-state index contributed by atoms with van der Waals surface area (Å²) in [5, 5.41) is 6.97. The average Bonchev–Trinajstić information content (AvgIpc) is 3.00. The predicted octanol–water partition coefficient (Wildman–Crippen LogP) is 2.71. The molecule has 2 amide bonds. The van der Waals surface area contributed by atoms with Crippen molar-refractivity contribution >= 4 is 11.7 Å². The van der Waals surface area contributed by atoms with Gasteiger partial charge in [-0.3, -0.25) is 9.58 Å². The van der Waals surface area contributed by atoms with Crippen molar-refractivity contribution in [3.63, 3.8) is 0 Å². The van der Waals surface area contributed by atoms with Crippen LogP contribution in [0.25, 0.3) is 0 Å². The predicted molar refractivity (Wildman–Crippen MR) is 82.2 cm³/mol. The Kier molecular flexibility index (Phi) is 4.27. The van der Waals surface area contributed by atoms with Crippen molar-refractivity contribution < 1.29 is 13.6 Å². The molecule has 7 heteroatoms. The van der Waals surface area contributed by atoms with Crippen LogP contribution < -0.4 is 10.2 Å². The second-order valence-corrected chi connectivity index (χ2v) is 5.73. The number of hydrogen-bond donors (Lipinski definition) is 1. The van der Waals surface area contributed by atoms with Crippen LogP contribution in [0.15, 0.2) is 30.6 Å². The molecule has 2 aromatic rings. The minimum atomic E-state index is -0.937. The van der Waals surface area contributed by atoms with Gasteiger partial charge in [0.15, 0.2) is 11.6 Å². The van der Waals surface area contributed by atoms with Crippen LogP contribution in [0.5, 0.6) is 0 Å². The van der Waals surface area contributed by atoms with Crippen LogP contribution in [0, 0.1) is 11.6 Å². The highest BCUT2D eigenvalue weighted by Crippen LogP contribution is 2.29. The summed E-state index contributed by atoms with van der Waals surface area (Å²) in [5.41, 5.74) is 1.10. The molecule has 23 heavy (non-hydrogen) atoms. The van der Waals surface area contributed by atoms with Crippen LogP contribution in [0.3, 0.4) is 0 Å². The minimum Gasteiger partial charge on any atom is -0.333 e. The molecule has 0 unspecified atom stereocenters. The smallest absolute Gasteiger partial charge is 0.322 e. The van der Waals surface area contributed by atoms with Crippen molar-refractivity contribution in [2.45, 2.75) is 32.4 Å². The second kappa shape index (κ2) is 6.36. The Morgan fingerprint density at radius 1 is 1.39 bits per heavy atom. The molecule has 5 nitrogen and oxygen atoms in total. The summed E-state index contributed by atoms with van der Waals surface area (Å²) in [4.78, 5) is 13.9. The summed E-state index contributed by atoms with van der Waals surface area (Å²) in [6, 6.07) is 3.64. The number of carbonyl (C=O) groups excluding carboxylic acids is 1. The fourth-order valence-electron chi connectivity index (χ4n) is 2.81. The van der Waals surface area contributed by atoms with Crippen LogP contribution in [0.4, 0.5) is 19.3 Å². The van der Waals surface area contributed by atoms with E-state index >= 15 is 0 Å². The number of anilines is 1. The Hall–Kier alpha value is -2.44. The van der Waals surface area contributed by atoms with Gasteiger partial charge in [0.1, 0.15) is 0 Å². The number of aryl methyl sites for hydroxylation is 1. The third kappa shape index (κ3) is 3.33. The van der Waals surface area contributed by atoms with E-state index < -0.39 is 11.6 Å². The van der Waals surface area contributed by atoms with E-state index in [2.05, 4.69) is 10.4 Å². The lowest BCUT2D eigenvalue weighted by atomic mass is 10.0. The van der Waals surface area contributed by atoms with E-state index in [0.29, 0.717) is 30.8 Å². The van der Waals surface area contributed by atoms with Gasteiger partial charge in [-0.25, -0.2) is 13.6 Å². The van der Waals surface area contributed by atoms with Gasteiger partial charge in [0.25, 0.3) is 0 Å². The topological polar surface area (TPSA) is 50.2 Å². The summed E-state index contributed by atoms with van der Waals surface area (Å²) < 4.78 is 28.6. The Morgan fingerprint density at radius 3 is 2.91 bits per heavy atom. The summed E-state index contributed by atoms with van der Waals surface area (Å²) in [5.74, 6) is -1.81. The van der Waals surface area contributed by atoms with Crippen molar-refractivity contribution in [1.29, 1.82) is 0 Å². The van der Waals surface area contributed by atoms with Gasteiger partial charge in [-0.1, -0.05) is 0 Å². The fraction of sp³-hybridized carbons (Fsp3) is 0.375. The van der Waals surface area contributed by atoms with Crippen molar-refractivity contribution in [3.8, 4) is 0 Å². The number of urea groups is 1. The molecule has 0 radical (unpaired) electrons. The number of nitrogens with one attached hydrogen (secondary N) is 1. The lowest BCUT2D eigenvalue weighted by molar-refractivity contribution is 0.241. The number of hydrogen-bond acceptors (Lipinski definition) is 2. The molecule has 0 bridgehead atoms. The molecule has 2 heterocycles. The van der Waals surface area contributed by atoms with Gasteiger partial charge in [-0.2, -0.15) is 5.10 Å². The molecule has 0 aliphatic carbocycles. The van der Waals surface area contributed by atoms with Crippen LogP contribution in [-0.4, -0.2) is 28.4 Å². The zero-order chi connectivity index (χ0) is 16.4. The van der Waals surface area contributed by atoms with Gasteiger partial charge in [0.05, 0.1) is 12.2 Å². The van der Waals surface area contributed by atoms with E-state index in [1.807, 2.05) is 19.2 Å². The normalized spacial score (nSPS) is 15.2. The zero-order valence-electron chi connectivity index (χ0n) is 12.8. The lowest BCUT2D eigenvalue weighted by Gasteiger charge is -2.30. The lowest BCUT2D eigenvalue weighted by Crippen LogP contribution is -2.47. The second-order valence-electron chi connectivity index (χ2n) is 5.73. The monoisotopic (exact) mass is 320 g/mol. The Bertz CT molecular complexity index is 702. The van der Waals surface area contributed by atoms with Gasteiger partial charge in [0, 0.05) is 31.0 Å². The van der Waals surface area contributed by atoms with Gasteiger partial charge in [0.2, 0.25) is 0 Å². The van der Waals surface area contributed by atoms with Crippen molar-refractivity contribution in [1.82, 2.24) is 15.1 Å². The largest absolute Gasteiger partial charge is 0.333 e. The standard InChI is InChI=1S/C16H18F2N4O/c1-11(10-21-6-3-5-19-21)20-16(23)22-7-2-4-12-8-13(17)14(18)9-15(12)22/h3,5-6,8-9,11H,2,4,7,10H2,1H3,(H,20,23)/t11-/m0/s1. The van der Waals surface area contributed by atoms with Crippen LogP contribution in [-0.2, 0) is 13.0 Å². The number of benzene rings is 1. The van der Waals surface area contributed by atoms with Crippen molar-refractivity contribution in [2.75, 3.05) is 11.4 Å². The molecule has 1 N–H and O–H groups in total.